The number of allylic oxidation sites excluding steroid dienone is 2. The summed E-state index contributed by atoms with van der Waals surface area (Å²) in [4.78, 5) is 0. The molecular weight excluding hydrogens is 428 g/mol. The molecule has 0 aromatic carbocycles. The zero-order chi connectivity index (χ0) is 26.2. The van der Waals surface area contributed by atoms with Crippen LogP contribution < -0.4 is 0 Å². The first-order valence-corrected chi connectivity index (χ1v) is 15.1. The first-order chi connectivity index (χ1) is 16.1. The normalized spacial score (nSPS) is 49.1. The topological polar surface area (TPSA) is 40.5 Å². The summed E-state index contributed by atoms with van der Waals surface area (Å²) in [7, 11) is 0. The maximum atomic E-state index is 12.0. The molecule has 2 nitrogen and oxygen atoms in total. The van der Waals surface area contributed by atoms with Crippen molar-refractivity contribution in [3.63, 3.8) is 0 Å². The Bertz CT molecular complexity index is 821. The van der Waals surface area contributed by atoms with Crippen LogP contribution in [0.25, 0.3) is 0 Å². The molecule has 2 heteroatoms. The van der Waals surface area contributed by atoms with Gasteiger partial charge in [-0.2, -0.15) is 0 Å². The summed E-state index contributed by atoms with van der Waals surface area (Å²) in [5, 5.41) is 23.4. The second-order valence-corrected chi connectivity index (χ2v) is 15.9. The summed E-state index contributed by atoms with van der Waals surface area (Å²) < 4.78 is 0. The van der Waals surface area contributed by atoms with Gasteiger partial charge in [0, 0.05) is 0 Å². The highest BCUT2D eigenvalue weighted by molar-refractivity contribution is 5.20. The molecule has 35 heavy (non-hydrogen) atoms. The van der Waals surface area contributed by atoms with Crippen LogP contribution >= 0.6 is 0 Å². The molecule has 0 aliphatic heterocycles. The quantitative estimate of drug-likeness (QED) is 0.383. The van der Waals surface area contributed by atoms with Crippen LogP contribution in [0.15, 0.2) is 11.6 Å². The monoisotopic (exact) mass is 486 g/mol. The van der Waals surface area contributed by atoms with Crippen molar-refractivity contribution in [2.75, 3.05) is 0 Å². The molecule has 0 saturated heterocycles. The third-order valence-corrected chi connectivity index (χ3v) is 13.4. The van der Waals surface area contributed by atoms with E-state index in [0.29, 0.717) is 29.6 Å². The third kappa shape index (κ3) is 3.93. The molecule has 4 rings (SSSR count). The minimum absolute atomic E-state index is 0.105. The van der Waals surface area contributed by atoms with Crippen LogP contribution in [0.4, 0.5) is 0 Å². The summed E-state index contributed by atoms with van der Waals surface area (Å²) in [5.41, 5.74) is 2.33. The number of aliphatic hydroxyl groups is 2. The van der Waals surface area contributed by atoms with Crippen molar-refractivity contribution in [3.8, 4) is 0 Å². The van der Waals surface area contributed by atoms with E-state index in [1.807, 2.05) is 0 Å². The predicted molar refractivity (Wildman–Crippen MR) is 148 cm³/mol. The fraction of sp³-hybridized carbons (Fsp3) is 0.939. The lowest BCUT2D eigenvalue weighted by molar-refractivity contribution is -0.253. The Balaban J connectivity index is 1.68. The Kier molecular flexibility index (Phi) is 7.01. The average molecular weight is 487 g/mol. The van der Waals surface area contributed by atoms with Crippen molar-refractivity contribution < 1.29 is 10.2 Å². The molecule has 0 aromatic heterocycles. The molecule has 4 fully saturated rings. The van der Waals surface area contributed by atoms with Gasteiger partial charge in [-0.25, -0.2) is 0 Å². The number of hydrogen-bond donors (Lipinski definition) is 2. The summed E-state index contributed by atoms with van der Waals surface area (Å²) in [5.74, 6) is 2.50. The van der Waals surface area contributed by atoms with E-state index in [9.17, 15) is 10.2 Å². The molecule has 202 valence electrons. The lowest BCUT2D eigenvalue weighted by Gasteiger charge is -2.71. The molecule has 4 aliphatic rings. The van der Waals surface area contributed by atoms with Crippen LogP contribution in [0.5, 0.6) is 0 Å². The Hall–Kier alpha value is -0.340. The Morgan fingerprint density at radius 3 is 2.14 bits per heavy atom. The van der Waals surface area contributed by atoms with Crippen molar-refractivity contribution in [1.82, 2.24) is 0 Å². The highest BCUT2D eigenvalue weighted by Crippen LogP contribution is 2.76. The standard InChI is InChI=1S/C33H58O2/c1-11-22-25(35)20-31(8)26(30(22,6)7)15-18-32(9)27(31)19-24(34)28-23(14-17-33(28,32)10)29(4,5)16-12-13-21(2)3/h13,22-28,34-35H,11-12,14-20H2,1-10H3/t22?,23?,24?,25-,26?,27?,28?,31?,32?,33-/m1/s1. The van der Waals surface area contributed by atoms with Crippen LogP contribution in [0.1, 0.15) is 127 Å². The molecule has 4 aliphatic carbocycles. The van der Waals surface area contributed by atoms with E-state index in [2.05, 4.69) is 75.3 Å². The molecule has 8 unspecified atom stereocenters. The van der Waals surface area contributed by atoms with Crippen molar-refractivity contribution in [2.45, 2.75) is 139 Å². The van der Waals surface area contributed by atoms with Crippen molar-refractivity contribution in [3.05, 3.63) is 11.6 Å². The minimum atomic E-state index is -0.216. The van der Waals surface area contributed by atoms with Gasteiger partial charge in [0.15, 0.2) is 0 Å². The van der Waals surface area contributed by atoms with Crippen molar-refractivity contribution >= 4 is 0 Å². The molecule has 2 N–H and O–H groups in total. The van der Waals surface area contributed by atoms with Gasteiger partial charge in [0.2, 0.25) is 0 Å². The fourth-order valence-electron chi connectivity index (χ4n) is 11.6. The van der Waals surface area contributed by atoms with E-state index in [1.165, 1.54) is 37.7 Å². The van der Waals surface area contributed by atoms with E-state index < -0.39 is 0 Å². The number of aliphatic hydroxyl groups excluding tert-OH is 2. The maximum absolute atomic E-state index is 12.0. The van der Waals surface area contributed by atoms with Gasteiger partial charge in [-0.1, -0.05) is 73.5 Å². The Morgan fingerprint density at radius 2 is 1.54 bits per heavy atom. The lowest BCUT2D eigenvalue weighted by atomic mass is 9.34. The summed E-state index contributed by atoms with van der Waals surface area (Å²) in [6.45, 7) is 24.2. The number of rotatable bonds is 5. The molecule has 0 amide bonds. The highest BCUT2D eigenvalue weighted by Gasteiger charge is 2.71. The van der Waals surface area contributed by atoms with E-state index in [-0.39, 0.29) is 39.3 Å². The SMILES string of the molecule is CCC1[C@H](O)CC2(C)C(CCC3(C)C2CC(O)C2C(C(C)(C)CCC=C(C)C)CC[C@]23C)C1(C)C. The summed E-state index contributed by atoms with van der Waals surface area (Å²) in [6, 6.07) is 0. The van der Waals surface area contributed by atoms with E-state index in [0.717, 1.165) is 25.7 Å². The van der Waals surface area contributed by atoms with Gasteiger partial charge in [0.05, 0.1) is 12.2 Å². The zero-order valence-electron chi connectivity index (χ0n) is 24.9. The van der Waals surface area contributed by atoms with Crippen LogP contribution in [-0.2, 0) is 0 Å². The summed E-state index contributed by atoms with van der Waals surface area (Å²) in [6.07, 6.45) is 12.3. The first-order valence-electron chi connectivity index (χ1n) is 15.1. The first kappa shape index (κ1) is 27.7. The molecule has 0 aromatic rings. The van der Waals surface area contributed by atoms with Gasteiger partial charge in [0.25, 0.3) is 0 Å². The largest absolute Gasteiger partial charge is 0.393 e. The maximum Gasteiger partial charge on any atom is 0.0579 e. The summed E-state index contributed by atoms with van der Waals surface area (Å²) >= 11 is 0. The zero-order valence-corrected chi connectivity index (χ0v) is 24.9. The van der Waals surface area contributed by atoms with Gasteiger partial charge in [0.1, 0.15) is 0 Å². The Morgan fingerprint density at radius 1 is 0.914 bits per heavy atom. The smallest absolute Gasteiger partial charge is 0.0579 e. The van der Waals surface area contributed by atoms with Crippen molar-refractivity contribution in [1.29, 1.82) is 0 Å². The molecule has 10 atom stereocenters. The lowest BCUT2D eigenvalue weighted by Crippen LogP contribution is -2.67. The molecule has 0 radical (unpaired) electrons. The third-order valence-electron chi connectivity index (χ3n) is 13.4. The highest BCUT2D eigenvalue weighted by atomic mass is 16.3. The van der Waals surface area contributed by atoms with E-state index in [1.54, 1.807) is 0 Å². The fourth-order valence-corrected chi connectivity index (χ4v) is 11.6. The molecule has 4 saturated carbocycles. The van der Waals surface area contributed by atoms with Gasteiger partial charge in [-0.3, -0.25) is 0 Å². The number of fused-ring (bicyclic) bond motifs is 5. The van der Waals surface area contributed by atoms with Gasteiger partial charge in [-0.15, -0.1) is 0 Å². The van der Waals surface area contributed by atoms with Crippen LogP contribution in [0.2, 0.25) is 0 Å². The minimum Gasteiger partial charge on any atom is -0.393 e. The van der Waals surface area contributed by atoms with Crippen molar-refractivity contribution in [2.24, 2.45) is 56.7 Å². The van der Waals surface area contributed by atoms with Crippen LogP contribution in [-0.4, -0.2) is 22.4 Å². The molecule has 0 heterocycles. The molecule has 0 spiro atoms. The Labute approximate surface area is 217 Å². The number of hydrogen-bond acceptors (Lipinski definition) is 2. The van der Waals surface area contributed by atoms with Gasteiger partial charge in [-0.05, 0) is 122 Å². The van der Waals surface area contributed by atoms with E-state index >= 15 is 0 Å². The van der Waals surface area contributed by atoms with Gasteiger partial charge < -0.3 is 10.2 Å². The second kappa shape index (κ2) is 8.86. The molecular formula is C33H58O2. The predicted octanol–water partition coefficient (Wildman–Crippen LogP) is 8.41. The van der Waals surface area contributed by atoms with Gasteiger partial charge >= 0.3 is 0 Å². The average Bonchev–Trinajstić information content (AvgIpc) is 3.10. The second-order valence-electron chi connectivity index (χ2n) is 15.9. The molecule has 0 bridgehead atoms. The van der Waals surface area contributed by atoms with E-state index in [4.69, 9.17) is 0 Å². The van der Waals surface area contributed by atoms with Crippen LogP contribution in [0, 0.1) is 56.7 Å². The van der Waals surface area contributed by atoms with Crippen LogP contribution in [0.3, 0.4) is 0 Å².